The molecule has 0 N–H and O–H groups in total. The second kappa shape index (κ2) is 20.1. The van der Waals surface area contributed by atoms with Crippen molar-refractivity contribution in [2.24, 2.45) is 0 Å². The fourth-order valence-electron chi connectivity index (χ4n) is 14.8. The first-order chi connectivity index (χ1) is 42.2. The van der Waals surface area contributed by atoms with Crippen LogP contribution >= 0.6 is 0 Å². The molecule has 3 aromatic heterocycles. The van der Waals surface area contributed by atoms with E-state index in [4.69, 9.17) is 14.1 Å². The van der Waals surface area contributed by atoms with E-state index < -0.39 is 0 Å². The van der Waals surface area contributed by atoms with Gasteiger partial charge in [0.25, 0.3) is 6.33 Å². The van der Waals surface area contributed by atoms with Gasteiger partial charge in [-0.15, -0.1) is 0 Å². The first kappa shape index (κ1) is 55.3. The number of hydrogen-bond donors (Lipinski definition) is 0. The summed E-state index contributed by atoms with van der Waals surface area (Å²) in [5.41, 5.74) is 23.0. The normalized spacial score (nSPS) is 15.9. The van der Waals surface area contributed by atoms with E-state index >= 15 is 0 Å². The standard InChI is InChI=1S/C82H76N4O2/c1-78(2,3)56-46-55(77-83-65-40-38-64-73(82(10,11)45-43-80(64,6)7)75(65)86(77)68-41-39-63-72(71(68)54-30-19-14-20-31-54)81(8,9)44-42-79(63,4)5)47-57(48-56)87-58-49-62-61-32-21-24-37-70(61)88-76(62)69(50-58)84-51-85(67-36-23-22-35-66(67)84)74-59(52-26-15-12-16-27-52)33-25-34-60(74)53-28-17-13-18-29-53/h12-41,46-50H,42-45H2,1-11H3. The summed E-state index contributed by atoms with van der Waals surface area (Å²) in [6.07, 6.45) is 8.36. The predicted molar refractivity (Wildman–Crippen MR) is 363 cm³/mol. The van der Waals surface area contributed by atoms with Gasteiger partial charge in [-0.1, -0.05) is 240 Å². The van der Waals surface area contributed by atoms with E-state index in [1.165, 1.54) is 38.9 Å². The lowest BCUT2D eigenvalue weighted by Gasteiger charge is -2.44. The minimum absolute atomic E-state index is 0.00410. The highest BCUT2D eigenvalue weighted by atomic mass is 16.5. The fraction of sp³-hybridized carbons (Fsp3) is 0.244. The van der Waals surface area contributed by atoms with Crippen LogP contribution in [0.25, 0.3) is 106 Å². The number of benzene rings is 10. The molecule has 0 bridgehead atoms. The number of imidazole rings is 2. The lowest BCUT2D eigenvalue weighted by molar-refractivity contribution is -0.571. The zero-order chi connectivity index (χ0) is 60.6. The molecule has 2 aliphatic carbocycles. The van der Waals surface area contributed by atoms with Crippen molar-refractivity contribution in [1.82, 2.24) is 14.1 Å². The number of nitrogens with zero attached hydrogens (tertiary/aromatic N) is 4. The number of rotatable bonds is 9. The Labute approximate surface area is 517 Å². The molecule has 10 aromatic carbocycles. The van der Waals surface area contributed by atoms with Crippen LogP contribution in [0.15, 0.2) is 217 Å². The van der Waals surface area contributed by atoms with Crippen LogP contribution in [0.3, 0.4) is 0 Å². The molecule has 6 heteroatoms. The number of fused-ring (bicyclic) bond motifs is 8. The fourth-order valence-corrected chi connectivity index (χ4v) is 14.8. The van der Waals surface area contributed by atoms with Gasteiger partial charge in [0, 0.05) is 21.9 Å². The van der Waals surface area contributed by atoms with Crippen LogP contribution < -0.4 is 9.30 Å². The van der Waals surface area contributed by atoms with Crippen LogP contribution in [0, 0.1) is 6.33 Å². The molecule has 13 aromatic rings. The van der Waals surface area contributed by atoms with E-state index in [0.29, 0.717) is 5.75 Å². The van der Waals surface area contributed by atoms with Gasteiger partial charge in [-0.25, -0.2) is 4.98 Å². The molecule has 436 valence electrons. The molecule has 3 heterocycles. The molecule has 15 rings (SSSR count). The third-order valence-corrected chi connectivity index (χ3v) is 19.8. The van der Waals surface area contributed by atoms with Crippen molar-refractivity contribution in [3.8, 4) is 73.3 Å². The predicted octanol–water partition coefficient (Wildman–Crippen LogP) is 21.4. The van der Waals surface area contributed by atoms with E-state index in [-0.39, 0.29) is 27.1 Å². The summed E-state index contributed by atoms with van der Waals surface area (Å²) < 4.78 is 21.4. The average molecular weight is 1150 g/mol. The maximum atomic E-state index is 7.50. The summed E-state index contributed by atoms with van der Waals surface area (Å²) in [5, 5.41) is 1.96. The highest BCUT2D eigenvalue weighted by molar-refractivity contribution is 6.08. The van der Waals surface area contributed by atoms with Crippen molar-refractivity contribution in [3.05, 3.63) is 246 Å². The van der Waals surface area contributed by atoms with Gasteiger partial charge < -0.3 is 9.15 Å². The van der Waals surface area contributed by atoms with Crippen LogP contribution in [0.5, 0.6) is 11.5 Å². The lowest BCUT2D eigenvalue weighted by atomic mass is 9.61. The van der Waals surface area contributed by atoms with Crippen molar-refractivity contribution >= 4 is 44.0 Å². The third-order valence-electron chi connectivity index (χ3n) is 19.8. The molecule has 88 heavy (non-hydrogen) atoms. The zero-order valence-electron chi connectivity index (χ0n) is 52.6. The quantitative estimate of drug-likeness (QED) is 0.107. The van der Waals surface area contributed by atoms with Crippen molar-refractivity contribution in [2.75, 3.05) is 0 Å². The second-order valence-corrected chi connectivity index (χ2v) is 28.6. The number of para-hydroxylation sites is 4. The highest BCUT2D eigenvalue weighted by Gasteiger charge is 2.43. The van der Waals surface area contributed by atoms with Gasteiger partial charge in [0.15, 0.2) is 0 Å². The minimum Gasteiger partial charge on any atom is -0.460 e. The Balaban J connectivity index is 0.973. The molecule has 0 atom stereocenters. The minimum atomic E-state index is -0.260. The van der Waals surface area contributed by atoms with Crippen LogP contribution in [-0.4, -0.2) is 14.1 Å². The first-order valence-corrected chi connectivity index (χ1v) is 31.5. The largest absolute Gasteiger partial charge is 0.460 e. The van der Waals surface area contributed by atoms with Gasteiger partial charge in [0.05, 0.1) is 33.4 Å². The average Bonchev–Trinajstić information content (AvgIpc) is 1.34. The second-order valence-electron chi connectivity index (χ2n) is 28.6. The van der Waals surface area contributed by atoms with E-state index in [2.05, 4.69) is 302 Å². The Bertz CT molecular complexity index is 4850. The molecule has 2 aliphatic rings. The smallest absolute Gasteiger partial charge is 0.270 e. The first-order valence-electron chi connectivity index (χ1n) is 31.5. The monoisotopic (exact) mass is 1150 g/mol. The number of hydrogen-bond acceptors (Lipinski definition) is 3. The molecule has 0 spiro atoms. The van der Waals surface area contributed by atoms with E-state index in [1.54, 1.807) is 0 Å². The summed E-state index contributed by atoms with van der Waals surface area (Å²) in [6, 6.07) is 76.7. The van der Waals surface area contributed by atoms with Crippen molar-refractivity contribution < 1.29 is 13.7 Å². The lowest BCUT2D eigenvalue weighted by Crippen LogP contribution is -2.35. The van der Waals surface area contributed by atoms with Crippen molar-refractivity contribution in [3.63, 3.8) is 0 Å². The molecular weight excluding hydrogens is 1070 g/mol. The maximum Gasteiger partial charge on any atom is 0.270 e. The van der Waals surface area contributed by atoms with Gasteiger partial charge in [0.2, 0.25) is 0 Å². The van der Waals surface area contributed by atoms with Crippen LogP contribution in [0.1, 0.15) is 130 Å². The molecule has 6 nitrogen and oxygen atoms in total. The molecule has 0 aliphatic heterocycles. The molecule has 0 saturated heterocycles. The molecule has 0 amide bonds. The Morgan fingerprint density at radius 3 is 1.75 bits per heavy atom. The summed E-state index contributed by atoms with van der Waals surface area (Å²) in [6.45, 7) is 26.5. The Kier molecular flexibility index (Phi) is 12.7. The van der Waals surface area contributed by atoms with Gasteiger partial charge in [-0.2, -0.15) is 0 Å². The molecule has 0 saturated carbocycles. The van der Waals surface area contributed by atoms with Crippen molar-refractivity contribution in [1.29, 1.82) is 0 Å². The van der Waals surface area contributed by atoms with Crippen molar-refractivity contribution in [2.45, 2.75) is 129 Å². The van der Waals surface area contributed by atoms with E-state index in [0.717, 1.165) is 126 Å². The summed E-state index contributed by atoms with van der Waals surface area (Å²) in [5.74, 6) is 2.29. The molecule has 0 radical (unpaired) electrons. The Hall–Kier alpha value is -9.26. The highest BCUT2D eigenvalue weighted by Crippen LogP contribution is 2.55. The molecule has 0 unspecified atom stereocenters. The zero-order valence-corrected chi connectivity index (χ0v) is 52.6. The molecule has 0 fully saturated rings. The topological polar surface area (TPSA) is 49.0 Å². The van der Waals surface area contributed by atoms with Crippen LogP contribution in [0.4, 0.5) is 0 Å². The Morgan fingerprint density at radius 2 is 1.08 bits per heavy atom. The molecular formula is C82H76N4O2. The van der Waals surface area contributed by atoms with Crippen LogP contribution in [-0.2, 0) is 27.1 Å². The summed E-state index contributed by atoms with van der Waals surface area (Å²) >= 11 is 0. The Morgan fingerprint density at radius 1 is 0.511 bits per heavy atom. The van der Waals surface area contributed by atoms with E-state index in [9.17, 15) is 0 Å². The third kappa shape index (κ3) is 9.03. The maximum absolute atomic E-state index is 7.50. The van der Waals surface area contributed by atoms with Crippen LogP contribution in [0.2, 0.25) is 0 Å². The summed E-state index contributed by atoms with van der Waals surface area (Å²) in [4.78, 5) is 5.88. The number of ether oxygens (including phenoxy) is 1. The van der Waals surface area contributed by atoms with E-state index in [1.807, 2.05) is 6.07 Å². The number of furan rings is 1. The van der Waals surface area contributed by atoms with Gasteiger partial charge >= 0.3 is 0 Å². The van der Waals surface area contributed by atoms with Gasteiger partial charge in [0.1, 0.15) is 34.2 Å². The SMILES string of the molecule is CC(C)(C)c1cc(Oc2cc(-[n+]3[c-]n(-c4c(-c5ccccc5)cccc4-c4ccccc4)c4ccccc43)c3oc4ccccc4c3c2)cc(-c2nc3ccc4c(c3n2-c2ccc3c(c2-c2ccccc2)C(C)(C)CCC3(C)C)C(C)(C)CCC4(C)C)c1. The van der Waals surface area contributed by atoms with Gasteiger partial charge in [-0.3, -0.25) is 13.7 Å². The number of aromatic nitrogens is 4. The van der Waals surface area contributed by atoms with Gasteiger partial charge in [-0.05, 0) is 157 Å². The summed E-state index contributed by atoms with van der Waals surface area (Å²) in [7, 11) is 0.